The number of nitrogens with zero attached hydrogens (tertiary/aromatic N) is 6. The van der Waals surface area contributed by atoms with Crippen molar-refractivity contribution in [1.82, 2.24) is 29.9 Å². The Morgan fingerprint density at radius 2 is 0.886 bits per heavy atom. The number of aryl methyl sites for hydroxylation is 3. The monoisotopic (exact) mass is 1020 g/mol. The summed E-state index contributed by atoms with van der Waals surface area (Å²) >= 11 is 17.8. The molecule has 0 saturated carbocycles. The molecule has 0 aliphatic rings. The van der Waals surface area contributed by atoms with Crippen molar-refractivity contribution in [2.24, 2.45) is 5.73 Å². The van der Waals surface area contributed by atoms with Gasteiger partial charge in [-0.1, -0.05) is 47.6 Å². The van der Waals surface area contributed by atoms with Crippen LogP contribution in [0.3, 0.4) is 0 Å². The maximum Gasteiger partial charge on any atom is 0.306 e. The number of unbranched alkanes of at least 4 members (excludes halogenated alkanes) is 4. The van der Waals surface area contributed by atoms with Gasteiger partial charge in [0.05, 0.1) is 60.1 Å². The fourth-order valence-electron chi connectivity index (χ4n) is 6.96. The van der Waals surface area contributed by atoms with Crippen molar-refractivity contribution < 1.29 is 33.3 Å². The van der Waals surface area contributed by atoms with E-state index >= 15 is 0 Å². The van der Waals surface area contributed by atoms with E-state index in [2.05, 4.69) is 35.6 Å². The molecular formula is C51H68Cl3N9O7. The lowest BCUT2D eigenvalue weighted by molar-refractivity contribution is -0.156. The molecule has 3 aromatic carbocycles. The molecule has 380 valence electrons. The highest BCUT2D eigenvalue weighted by Gasteiger charge is 2.18. The smallest absolute Gasteiger partial charge is 0.306 e. The van der Waals surface area contributed by atoms with E-state index in [0.717, 1.165) is 112 Å². The molecule has 19 heteroatoms. The number of hydrogen-bond acceptors (Lipinski definition) is 16. The standard InChI is InChI=1S/C21H32N4O3.C20H28ClN3O3.C10H8Cl2N2O/c1-14-11-15(27-5)12-16-19(14)24-17(13-22)20(25-16)23-10-8-6-7-9-18(26)28-21(2,3)4;1-13-11-14(26-5)12-15-17(13)24-18(21)19(23-15)22-10-8-6-7-9-16(25)27-20(2,3)4;1-5-3-6(15-2)4-7-8(5)14-10(12)9(11)13-7/h11-12H,6-10,13,22H2,1-5H3,(H,23,25);11-12H,6-10H2,1-5H3,(H,22,23);3-4H,1-2H3. The van der Waals surface area contributed by atoms with Crippen LogP contribution in [0, 0.1) is 20.8 Å². The van der Waals surface area contributed by atoms with Crippen LogP contribution in [0.1, 0.15) is 115 Å². The average molecular weight is 1030 g/mol. The Labute approximate surface area is 426 Å². The second-order valence-corrected chi connectivity index (χ2v) is 19.5. The van der Waals surface area contributed by atoms with E-state index < -0.39 is 11.2 Å². The van der Waals surface area contributed by atoms with Crippen LogP contribution in [0.25, 0.3) is 33.1 Å². The lowest BCUT2D eigenvalue weighted by Crippen LogP contribution is -2.23. The van der Waals surface area contributed by atoms with Gasteiger partial charge in [0.1, 0.15) is 34.3 Å². The second-order valence-electron chi connectivity index (χ2n) is 18.5. The molecule has 0 bridgehead atoms. The maximum absolute atomic E-state index is 11.7. The highest BCUT2D eigenvalue weighted by atomic mass is 35.5. The third-order valence-corrected chi connectivity index (χ3v) is 11.1. The zero-order valence-corrected chi connectivity index (χ0v) is 44.8. The highest BCUT2D eigenvalue weighted by molar-refractivity contribution is 6.40. The van der Waals surface area contributed by atoms with E-state index in [1.54, 1.807) is 27.4 Å². The van der Waals surface area contributed by atoms with Crippen molar-refractivity contribution in [3.8, 4) is 17.2 Å². The molecular weight excluding hydrogens is 957 g/mol. The number of anilines is 2. The van der Waals surface area contributed by atoms with Crippen LogP contribution in [0.2, 0.25) is 15.5 Å². The van der Waals surface area contributed by atoms with Gasteiger partial charge in [0.15, 0.2) is 21.3 Å². The molecule has 3 aromatic heterocycles. The summed E-state index contributed by atoms with van der Waals surface area (Å²) in [5, 5.41) is 7.33. The zero-order chi connectivity index (χ0) is 51.8. The van der Waals surface area contributed by atoms with Crippen molar-refractivity contribution in [3.05, 3.63) is 74.2 Å². The lowest BCUT2D eigenvalue weighted by Gasteiger charge is -2.19. The fourth-order valence-corrected chi connectivity index (χ4v) is 7.41. The van der Waals surface area contributed by atoms with Gasteiger partial charge in [0.2, 0.25) is 0 Å². The fraction of sp³-hybridized carbons (Fsp3) is 0.490. The molecule has 0 radical (unpaired) electrons. The zero-order valence-electron chi connectivity index (χ0n) is 42.5. The molecule has 0 fully saturated rings. The number of carbonyl (C=O) groups excluding carboxylic acids is 2. The molecule has 6 rings (SSSR count). The van der Waals surface area contributed by atoms with Gasteiger partial charge in [0, 0.05) is 50.7 Å². The minimum atomic E-state index is -0.425. The van der Waals surface area contributed by atoms with E-state index in [-0.39, 0.29) is 22.2 Å². The van der Waals surface area contributed by atoms with E-state index in [1.165, 1.54) is 0 Å². The number of nitrogens with two attached hydrogens (primary N) is 1. The average Bonchev–Trinajstić information content (AvgIpc) is 3.28. The summed E-state index contributed by atoms with van der Waals surface area (Å²) in [6.45, 7) is 18.9. The van der Waals surface area contributed by atoms with Crippen LogP contribution >= 0.6 is 34.8 Å². The quantitative estimate of drug-likeness (QED) is 0.0540. The van der Waals surface area contributed by atoms with Crippen LogP contribution in [0.4, 0.5) is 11.6 Å². The van der Waals surface area contributed by atoms with Crippen LogP contribution < -0.4 is 30.6 Å². The first-order chi connectivity index (χ1) is 33.0. The summed E-state index contributed by atoms with van der Waals surface area (Å²) in [6, 6.07) is 11.2. The number of nitrogens with one attached hydrogen (secondary N) is 2. The minimum absolute atomic E-state index is 0.143. The summed E-state index contributed by atoms with van der Waals surface area (Å²) in [6.07, 6.45) is 6.15. The Morgan fingerprint density at radius 1 is 0.514 bits per heavy atom. The summed E-state index contributed by atoms with van der Waals surface area (Å²) in [5.74, 6) is 3.20. The Morgan fingerprint density at radius 3 is 1.30 bits per heavy atom. The molecule has 0 unspecified atom stereocenters. The molecule has 0 aliphatic heterocycles. The van der Waals surface area contributed by atoms with Crippen molar-refractivity contribution in [3.63, 3.8) is 0 Å². The normalized spacial score (nSPS) is 11.3. The number of esters is 2. The molecule has 4 N–H and O–H groups in total. The van der Waals surface area contributed by atoms with Crippen molar-refractivity contribution in [2.45, 2.75) is 131 Å². The molecule has 0 spiro atoms. The van der Waals surface area contributed by atoms with E-state index in [9.17, 15) is 9.59 Å². The van der Waals surface area contributed by atoms with Gasteiger partial charge in [-0.05, 0) is 123 Å². The number of carbonyl (C=O) groups is 2. The predicted octanol–water partition coefficient (Wildman–Crippen LogP) is 11.9. The van der Waals surface area contributed by atoms with Gasteiger partial charge in [-0.3, -0.25) is 9.59 Å². The minimum Gasteiger partial charge on any atom is -0.497 e. The van der Waals surface area contributed by atoms with Crippen LogP contribution in [-0.4, -0.2) is 87.5 Å². The molecule has 0 amide bonds. The number of fused-ring (bicyclic) bond motifs is 3. The molecule has 3 heterocycles. The number of hydrogen-bond donors (Lipinski definition) is 3. The number of halogens is 3. The number of aromatic nitrogens is 6. The second kappa shape index (κ2) is 26.6. The van der Waals surface area contributed by atoms with Crippen LogP contribution in [0.15, 0.2) is 36.4 Å². The lowest BCUT2D eigenvalue weighted by atomic mass is 10.1. The van der Waals surface area contributed by atoms with Gasteiger partial charge in [0.25, 0.3) is 0 Å². The Balaban J connectivity index is 0.000000238. The number of methoxy groups -OCH3 is 3. The SMILES string of the molecule is COc1cc(C)c2nc(CN)c(NCCCCCC(=O)OC(C)(C)C)nc2c1.COc1cc(C)c2nc(Cl)c(Cl)nc2c1.COc1cc(C)c2nc(Cl)c(NCCCCCC(=O)OC(C)(C)C)nc2c1. The number of benzene rings is 3. The highest BCUT2D eigenvalue weighted by Crippen LogP contribution is 2.29. The summed E-state index contributed by atoms with van der Waals surface area (Å²) < 4.78 is 26.4. The van der Waals surface area contributed by atoms with Gasteiger partial charge < -0.3 is 40.1 Å². The van der Waals surface area contributed by atoms with E-state index in [4.69, 9.17) is 69.2 Å². The molecule has 0 atom stereocenters. The topological polar surface area (TPSA) is 208 Å². The maximum atomic E-state index is 11.7. The summed E-state index contributed by atoms with van der Waals surface area (Å²) in [7, 11) is 4.87. The van der Waals surface area contributed by atoms with Crippen LogP contribution in [-0.2, 0) is 25.6 Å². The van der Waals surface area contributed by atoms with E-state index in [0.29, 0.717) is 48.2 Å². The summed E-state index contributed by atoms with van der Waals surface area (Å²) in [5.41, 5.74) is 13.2. The third-order valence-electron chi connectivity index (χ3n) is 10.2. The van der Waals surface area contributed by atoms with Gasteiger partial charge in [-0.25, -0.2) is 29.9 Å². The molecule has 0 saturated heterocycles. The molecule has 70 heavy (non-hydrogen) atoms. The third kappa shape index (κ3) is 18.0. The molecule has 6 aromatic rings. The largest absolute Gasteiger partial charge is 0.497 e. The van der Waals surface area contributed by atoms with Crippen molar-refractivity contribution >= 4 is 91.5 Å². The first-order valence-corrected chi connectivity index (χ1v) is 24.3. The van der Waals surface area contributed by atoms with Crippen molar-refractivity contribution in [2.75, 3.05) is 45.1 Å². The Hall–Kier alpha value is -5.55. The summed E-state index contributed by atoms with van der Waals surface area (Å²) in [4.78, 5) is 50.1. The Kier molecular flexibility index (Phi) is 21.7. The van der Waals surface area contributed by atoms with Crippen LogP contribution in [0.5, 0.6) is 17.2 Å². The van der Waals surface area contributed by atoms with E-state index in [1.807, 2.05) is 92.6 Å². The molecule has 0 aliphatic carbocycles. The number of rotatable bonds is 18. The predicted molar refractivity (Wildman–Crippen MR) is 281 cm³/mol. The van der Waals surface area contributed by atoms with Gasteiger partial charge in [-0.2, -0.15) is 0 Å². The first kappa shape index (κ1) is 57.0. The van der Waals surface area contributed by atoms with Crippen molar-refractivity contribution in [1.29, 1.82) is 0 Å². The number of ether oxygens (including phenoxy) is 5. The van der Waals surface area contributed by atoms with Gasteiger partial charge in [-0.15, -0.1) is 0 Å². The van der Waals surface area contributed by atoms with Gasteiger partial charge >= 0.3 is 11.9 Å². The first-order valence-electron chi connectivity index (χ1n) is 23.2. The molecule has 16 nitrogen and oxygen atoms in total. The Bertz CT molecular complexity index is 2730.